The number of aromatic carboxylic acids is 1. The number of nitrogens with one attached hydrogen (secondary N) is 1. The van der Waals surface area contributed by atoms with E-state index in [1.807, 2.05) is 30.4 Å². The van der Waals surface area contributed by atoms with Crippen molar-refractivity contribution >= 4 is 41.1 Å². The van der Waals surface area contributed by atoms with Crippen LogP contribution in [-0.2, 0) is 4.79 Å². The Bertz CT molecular complexity index is 554. The standard InChI is InChI=1S/C15H19NO3S2/c1-9-5-10(2)13(7-12(9)15(18)19)16-14(17)6-11-8-20-3-4-21-11/h5,7,11H,3-4,6,8H2,1-2H3,(H,16,17)(H,18,19). The third kappa shape index (κ3) is 4.41. The molecule has 0 saturated carbocycles. The molecule has 1 amide bonds. The van der Waals surface area contributed by atoms with Crippen molar-refractivity contribution in [1.29, 1.82) is 0 Å². The number of carbonyl (C=O) groups excluding carboxylic acids is 1. The third-order valence-corrected chi connectivity index (χ3v) is 6.22. The molecular formula is C15H19NO3S2. The highest BCUT2D eigenvalue weighted by molar-refractivity contribution is 8.06. The number of amides is 1. The molecular weight excluding hydrogens is 306 g/mol. The van der Waals surface area contributed by atoms with Gasteiger partial charge in [0.2, 0.25) is 5.91 Å². The average Bonchev–Trinajstić information content (AvgIpc) is 2.42. The molecule has 1 fully saturated rings. The maximum absolute atomic E-state index is 12.1. The minimum Gasteiger partial charge on any atom is -0.478 e. The van der Waals surface area contributed by atoms with Crippen LogP contribution in [0.25, 0.3) is 0 Å². The quantitative estimate of drug-likeness (QED) is 0.890. The summed E-state index contributed by atoms with van der Waals surface area (Å²) in [4.78, 5) is 23.3. The van der Waals surface area contributed by atoms with Gasteiger partial charge >= 0.3 is 5.97 Å². The molecule has 0 bridgehead atoms. The number of carboxylic acids is 1. The SMILES string of the molecule is Cc1cc(C)c(C(=O)O)cc1NC(=O)CC1CSCCS1. The summed E-state index contributed by atoms with van der Waals surface area (Å²) in [5.41, 5.74) is 2.42. The van der Waals surface area contributed by atoms with Crippen molar-refractivity contribution in [2.45, 2.75) is 25.5 Å². The number of carbonyl (C=O) groups is 2. The van der Waals surface area contributed by atoms with Gasteiger partial charge in [-0.15, -0.1) is 0 Å². The largest absolute Gasteiger partial charge is 0.478 e. The van der Waals surface area contributed by atoms with Crippen LogP contribution in [0.2, 0.25) is 0 Å². The summed E-state index contributed by atoms with van der Waals surface area (Å²) in [5, 5.41) is 12.4. The molecule has 1 heterocycles. The molecule has 21 heavy (non-hydrogen) atoms. The first-order valence-corrected chi connectivity index (χ1v) is 9.01. The van der Waals surface area contributed by atoms with E-state index in [1.54, 1.807) is 19.1 Å². The minimum atomic E-state index is -0.970. The normalized spacial score (nSPS) is 18.3. The van der Waals surface area contributed by atoms with E-state index < -0.39 is 5.97 Å². The Labute approximate surface area is 133 Å². The summed E-state index contributed by atoms with van der Waals surface area (Å²) in [6, 6.07) is 3.35. The molecule has 1 unspecified atom stereocenters. The molecule has 1 aromatic rings. The van der Waals surface area contributed by atoms with E-state index in [9.17, 15) is 9.59 Å². The van der Waals surface area contributed by atoms with Gasteiger partial charge in [0.15, 0.2) is 0 Å². The lowest BCUT2D eigenvalue weighted by molar-refractivity contribution is -0.116. The van der Waals surface area contributed by atoms with E-state index >= 15 is 0 Å². The Morgan fingerprint density at radius 2 is 2.05 bits per heavy atom. The fraction of sp³-hybridized carbons (Fsp3) is 0.467. The van der Waals surface area contributed by atoms with Gasteiger partial charge in [-0.3, -0.25) is 4.79 Å². The van der Waals surface area contributed by atoms with Crippen LogP contribution in [0.1, 0.15) is 27.9 Å². The van der Waals surface area contributed by atoms with Crippen molar-refractivity contribution in [2.24, 2.45) is 0 Å². The minimum absolute atomic E-state index is 0.0432. The Kier molecular flexibility index (Phi) is 5.58. The van der Waals surface area contributed by atoms with Crippen molar-refractivity contribution in [3.05, 3.63) is 28.8 Å². The maximum atomic E-state index is 12.1. The van der Waals surface area contributed by atoms with Crippen molar-refractivity contribution in [2.75, 3.05) is 22.6 Å². The third-order valence-electron chi connectivity index (χ3n) is 3.37. The van der Waals surface area contributed by atoms with Gasteiger partial charge in [0.1, 0.15) is 0 Å². The van der Waals surface area contributed by atoms with Gasteiger partial charge < -0.3 is 10.4 Å². The highest BCUT2D eigenvalue weighted by Gasteiger charge is 2.19. The van der Waals surface area contributed by atoms with Gasteiger partial charge in [0.05, 0.1) is 5.56 Å². The molecule has 1 aliphatic rings. The second-order valence-corrected chi connectivity index (χ2v) is 7.67. The molecule has 0 aromatic heterocycles. The monoisotopic (exact) mass is 325 g/mol. The van der Waals surface area contributed by atoms with Crippen LogP contribution in [0.4, 0.5) is 5.69 Å². The van der Waals surface area contributed by atoms with Gasteiger partial charge in [-0.1, -0.05) is 6.07 Å². The summed E-state index contributed by atoms with van der Waals surface area (Å²) >= 11 is 3.73. The molecule has 0 spiro atoms. The van der Waals surface area contributed by atoms with E-state index in [1.165, 1.54) is 0 Å². The van der Waals surface area contributed by atoms with Gasteiger partial charge in [-0.25, -0.2) is 4.79 Å². The number of thioether (sulfide) groups is 2. The van der Waals surface area contributed by atoms with Crippen molar-refractivity contribution in [1.82, 2.24) is 0 Å². The Hall–Kier alpha value is -1.14. The smallest absolute Gasteiger partial charge is 0.336 e. The molecule has 2 rings (SSSR count). The summed E-state index contributed by atoms with van der Waals surface area (Å²) in [5.74, 6) is 2.24. The van der Waals surface area contributed by atoms with Gasteiger partial charge in [-0.2, -0.15) is 23.5 Å². The molecule has 1 aliphatic heterocycles. The fourth-order valence-corrected chi connectivity index (χ4v) is 4.96. The van der Waals surface area contributed by atoms with Crippen LogP contribution in [-0.4, -0.2) is 39.5 Å². The predicted octanol–water partition coefficient (Wildman–Crippen LogP) is 3.18. The summed E-state index contributed by atoms with van der Waals surface area (Å²) < 4.78 is 0. The van der Waals surface area contributed by atoms with Gasteiger partial charge in [-0.05, 0) is 31.0 Å². The van der Waals surface area contributed by atoms with Crippen LogP contribution in [0, 0.1) is 13.8 Å². The zero-order valence-corrected chi connectivity index (χ0v) is 13.8. The highest BCUT2D eigenvalue weighted by Crippen LogP contribution is 2.27. The van der Waals surface area contributed by atoms with Gasteiger partial charge in [0, 0.05) is 34.6 Å². The second kappa shape index (κ2) is 7.22. The molecule has 1 aromatic carbocycles. The first-order valence-electron chi connectivity index (χ1n) is 6.81. The zero-order valence-electron chi connectivity index (χ0n) is 12.1. The molecule has 1 saturated heterocycles. The van der Waals surface area contributed by atoms with Crippen LogP contribution < -0.4 is 5.32 Å². The average molecular weight is 325 g/mol. The maximum Gasteiger partial charge on any atom is 0.336 e. The lowest BCUT2D eigenvalue weighted by Crippen LogP contribution is -2.23. The Balaban J connectivity index is 2.06. The van der Waals surface area contributed by atoms with E-state index in [4.69, 9.17) is 5.11 Å². The number of hydrogen-bond donors (Lipinski definition) is 2. The van der Waals surface area contributed by atoms with E-state index in [-0.39, 0.29) is 11.5 Å². The topological polar surface area (TPSA) is 66.4 Å². The first-order chi connectivity index (χ1) is 9.97. The number of benzene rings is 1. The number of anilines is 1. The molecule has 6 heteroatoms. The Morgan fingerprint density at radius 3 is 2.67 bits per heavy atom. The van der Waals surface area contributed by atoms with Crippen LogP contribution in [0.5, 0.6) is 0 Å². The second-order valence-electron chi connectivity index (χ2n) is 5.11. The first kappa shape index (κ1) is 16.2. The van der Waals surface area contributed by atoms with E-state index in [0.29, 0.717) is 22.9 Å². The molecule has 2 N–H and O–H groups in total. The molecule has 0 aliphatic carbocycles. The lowest BCUT2D eigenvalue weighted by Gasteiger charge is -2.20. The highest BCUT2D eigenvalue weighted by atomic mass is 32.2. The molecule has 0 radical (unpaired) electrons. The number of hydrogen-bond acceptors (Lipinski definition) is 4. The summed E-state index contributed by atoms with van der Waals surface area (Å²) in [6.07, 6.45) is 0.480. The Morgan fingerprint density at radius 1 is 1.29 bits per heavy atom. The van der Waals surface area contributed by atoms with Crippen LogP contribution in [0.3, 0.4) is 0 Å². The lowest BCUT2D eigenvalue weighted by atomic mass is 10.0. The fourth-order valence-electron chi connectivity index (χ4n) is 2.28. The van der Waals surface area contributed by atoms with E-state index in [0.717, 1.165) is 22.8 Å². The molecule has 114 valence electrons. The zero-order chi connectivity index (χ0) is 15.4. The van der Waals surface area contributed by atoms with E-state index in [2.05, 4.69) is 5.32 Å². The van der Waals surface area contributed by atoms with Crippen LogP contribution in [0.15, 0.2) is 12.1 Å². The van der Waals surface area contributed by atoms with Crippen molar-refractivity contribution in [3.8, 4) is 0 Å². The van der Waals surface area contributed by atoms with Crippen molar-refractivity contribution < 1.29 is 14.7 Å². The number of rotatable bonds is 4. The summed E-state index contributed by atoms with van der Waals surface area (Å²) in [6.45, 7) is 3.64. The van der Waals surface area contributed by atoms with Crippen LogP contribution >= 0.6 is 23.5 Å². The molecule has 4 nitrogen and oxygen atoms in total. The van der Waals surface area contributed by atoms with Gasteiger partial charge in [0.25, 0.3) is 0 Å². The molecule has 1 atom stereocenters. The summed E-state index contributed by atoms with van der Waals surface area (Å²) in [7, 11) is 0. The number of carboxylic acid groups (broad SMARTS) is 1. The predicted molar refractivity (Wildman–Crippen MR) is 89.7 cm³/mol. The number of aryl methyl sites for hydroxylation is 2. The van der Waals surface area contributed by atoms with Crippen molar-refractivity contribution in [3.63, 3.8) is 0 Å².